The van der Waals surface area contributed by atoms with Crippen LogP contribution in [0.5, 0.6) is 17.2 Å². The molecule has 3 heterocycles. The molecule has 0 unspecified atom stereocenters. The lowest BCUT2D eigenvalue weighted by atomic mass is 10.1. The summed E-state index contributed by atoms with van der Waals surface area (Å²) in [5, 5.41) is 12.5. The van der Waals surface area contributed by atoms with Gasteiger partial charge in [-0.3, -0.25) is 0 Å². The second-order valence-corrected chi connectivity index (χ2v) is 9.32. The van der Waals surface area contributed by atoms with Crippen LogP contribution in [0.25, 0.3) is 10.6 Å². The summed E-state index contributed by atoms with van der Waals surface area (Å²) in [5.74, 6) is 3.92. The zero-order chi connectivity index (χ0) is 22.1. The molecule has 0 spiro atoms. The van der Waals surface area contributed by atoms with Crippen LogP contribution >= 0.6 is 23.1 Å². The van der Waals surface area contributed by atoms with Gasteiger partial charge < -0.3 is 18.8 Å². The van der Waals surface area contributed by atoms with E-state index < -0.39 is 0 Å². The van der Waals surface area contributed by atoms with Crippen molar-refractivity contribution >= 4 is 23.1 Å². The largest absolute Gasteiger partial charge is 0.485 e. The fourth-order valence-corrected chi connectivity index (χ4v) is 5.02. The molecule has 7 nitrogen and oxygen atoms in total. The lowest BCUT2D eigenvalue weighted by Gasteiger charge is -2.09. The Morgan fingerprint density at radius 3 is 2.88 bits per heavy atom. The summed E-state index contributed by atoms with van der Waals surface area (Å²) in [5.41, 5.74) is 4.31. The third-order valence-electron chi connectivity index (χ3n) is 5.15. The molecule has 0 amide bonds. The maximum atomic E-state index is 5.98. The molecule has 0 atom stereocenters. The Hall–Kier alpha value is -3.04. The van der Waals surface area contributed by atoms with Crippen LogP contribution in [0.3, 0.4) is 0 Å². The van der Waals surface area contributed by atoms with Gasteiger partial charge in [0.15, 0.2) is 22.5 Å². The van der Waals surface area contributed by atoms with Gasteiger partial charge in [-0.2, -0.15) is 0 Å². The van der Waals surface area contributed by atoms with Crippen molar-refractivity contribution in [2.45, 2.75) is 31.4 Å². The molecular formula is C23H22N4O3S2. The summed E-state index contributed by atoms with van der Waals surface area (Å²) in [6.07, 6.45) is 0. The van der Waals surface area contributed by atoms with Crippen LogP contribution in [0, 0.1) is 13.8 Å². The van der Waals surface area contributed by atoms with Gasteiger partial charge in [0.2, 0.25) is 6.79 Å². The predicted molar refractivity (Wildman–Crippen MR) is 124 cm³/mol. The van der Waals surface area contributed by atoms with E-state index in [-0.39, 0.29) is 6.79 Å². The summed E-state index contributed by atoms with van der Waals surface area (Å²) in [7, 11) is 1.96. The second kappa shape index (κ2) is 8.84. The van der Waals surface area contributed by atoms with E-state index in [1.54, 1.807) is 23.1 Å². The van der Waals surface area contributed by atoms with Crippen LogP contribution in [-0.2, 0) is 19.4 Å². The molecule has 1 aliphatic heterocycles. The standard InChI is InChI=1S/C23H22N4O3S2/c1-14-4-5-15(2)19(8-14)28-10-21-25-26-23(27(21)3)32-12-17-11-31-22(24-17)16-6-7-18-20(9-16)30-13-29-18/h4-9,11H,10,12-13H2,1-3H3. The number of aryl methyl sites for hydroxylation is 2. The van der Waals surface area contributed by atoms with E-state index in [1.807, 2.05) is 42.8 Å². The fraction of sp³-hybridized carbons (Fsp3) is 0.261. The Bertz CT molecular complexity index is 1270. The van der Waals surface area contributed by atoms with E-state index in [2.05, 4.69) is 34.6 Å². The van der Waals surface area contributed by atoms with Gasteiger partial charge in [0.05, 0.1) is 5.69 Å². The molecule has 0 radical (unpaired) electrons. The number of ether oxygens (including phenoxy) is 3. The summed E-state index contributed by atoms with van der Waals surface area (Å²) >= 11 is 3.23. The highest BCUT2D eigenvalue weighted by Gasteiger charge is 2.16. The van der Waals surface area contributed by atoms with Crippen LogP contribution in [0.2, 0.25) is 0 Å². The number of nitrogens with zero attached hydrogens (tertiary/aromatic N) is 4. The highest BCUT2D eigenvalue weighted by molar-refractivity contribution is 7.98. The number of rotatable bonds is 7. The number of thioether (sulfide) groups is 1. The van der Waals surface area contributed by atoms with Crippen molar-refractivity contribution < 1.29 is 14.2 Å². The van der Waals surface area contributed by atoms with E-state index in [9.17, 15) is 0 Å². The van der Waals surface area contributed by atoms with Gasteiger partial charge in [-0.15, -0.1) is 21.5 Å². The van der Waals surface area contributed by atoms with Gasteiger partial charge in [0.1, 0.15) is 17.4 Å². The lowest BCUT2D eigenvalue weighted by molar-refractivity contribution is 0.174. The zero-order valence-corrected chi connectivity index (χ0v) is 19.6. The molecule has 0 aliphatic carbocycles. The zero-order valence-electron chi connectivity index (χ0n) is 18.0. The highest BCUT2D eigenvalue weighted by atomic mass is 32.2. The first-order valence-electron chi connectivity index (χ1n) is 10.1. The lowest BCUT2D eigenvalue weighted by Crippen LogP contribution is -2.05. The minimum absolute atomic E-state index is 0.272. The SMILES string of the molecule is Cc1ccc(C)c(OCc2nnc(SCc3csc(-c4ccc5c(c4)OCO5)n3)n2C)c1. The monoisotopic (exact) mass is 466 g/mol. The van der Waals surface area contributed by atoms with E-state index in [0.717, 1.165) is 50.1 Å². The Labute approximate surface area is 194 Å². The molecule has 2 aromatic heterocycles. The number of aromatic nitrogens is 4. The molecular weight excluding hydrogens is 444 g/mol. The van der Waals surface area contributed by atoms with E-state index in [4.69, 9.17) is 19.2 Å². The Balaban J connectivity index is 1.21. The number of thiazole rings is 1. The normalized spacial score (nSPS) is 12.3. The first kappa shape index (κ1) is 20.8. The summed E-state index contributed by atoms with van der Waals surface area (Å²) < 4.78 is 18.8. The molecule has 0 fully saturated rings. The minimum atomic E-state index is 0.272. The Morgan fingerprint density at radius 2 is 1.97 bits per heavy atom. The van der Waals surface area contributed by atoms with Gasteiger partial charge in [-0.1, -0.05) is 23.9 Å². The molecule has 0 bridgehead atoms. The molecule has 164 valence electrons. The third kappa shape index (κ3) is 4.31. The molecule has 32 heavy (non-hydrogen) atoms. The van der Waals surface area contributed by atoms with Gasteiger partial charge >= 0.3 is 0 Å². The average Bonchev–Trinajstić information content (AvgIpc) is 3.53. The van der Waals surface area contributed by atoms with E-state index >= 15 is 0 Å². The van der Waals surface area contributed by atoms with Crippen molar-refractivity contribution in [3.8, 4) is 27.8 Å². The molecule has 0 saturated heterocycles. The summed E-state index contributed by atoms with van der Waals surface area (Å²) in [6.45, 7) is 4.74. The summed E-state index contributed by atoms with van der Waals surface area (Å²) in [6, 6.07) is 12.1. The summed E-state index contributed by atoms with van der Waals surface area (Å²) in [4.78, 5) is 4.77. The number of fused-ring (bicyclic) bond motifs is 1. The van der Waals surface area contributed by atoms with Crippen molar-refractivity contribution in [1.29, 1.82) is 0 Å². The van der Waals surface area contributed by atoms with Gasteiger partial charge in [0, 0.05) is 23.7 Å². The molecule has 5 rings (SSSR count). The van der Waals surface area contributed by atoms with Crippen LogP contribution in [0.15, 0.2) is 46.9 Å². The first-order valence-corrected chi connectivity index (χ1v) is 12.0. The minimum Gasteiger partial charge on any atom is -0.485 e. The van der Waals surface area contributed by atoms with Crippen LogP contribution in [-0.4, -0.2) is 26.5 Å². The van der Waals surface area contributed by atoms with Crippen LogP contribution in [0.1, 0.15) is 22.6 Å². The number of benzene rings is 2. The van der Waals surface area contributed by atoms with Crippen molar-refractivity contribution in [3.63, 3.8) is 0 Å². The van der Waals surface area contributed by atoms with Crippen LogP contribution < -0.4 is 14.2 Å². The van der Waals surface area contributed by atoms with Crippen molar-refractivity contribution in [3.05, 3.63) is 64.4 Å². The smallest absolute Gasteiger partial charge is 0.231 e. The van der Waals surface area contributed by atoms with Crippen molar-refractivity contribution in [1.82, 2.24) is 19.7 Å². The van der Waals surface area contributed by atoms with Crippen molar-refractivity contribution in [2.75, 3.05) is 6.79 Å². The molecule has 2 aromatic carbocycles. The molecule has 0 saturated carbocycles. The molecule has 4 aromatic rings. The van der Waals surface area contributed by atoms with Gasteiger partial charge in [-0.05, 0) is 49.2 Å². The number of hydrogen-bond donors (Lipinski definition) is 0. The third-order valence-corrected chi connectivity index (χ3v) is 7.14. The predicted octanol–water partition coefficient (Wildman–Crippen LogP) is 5.16. The molecule has 0 N–H and O–H groups in total. The Kier molecular flexibility index (Phi) is 5.75. The highest BCUT2D eigenvalue weighted by Crippen LogP contribution is 2.37. The first-order chi connectivity index (χ1) is 15.6. The topological polar surface area (TPSA) is 71.3 Å². The van der Waals surface area contributed by atoms with Crippen LogP contribution in [0.4, 0.5) is 0 Å². The Morgan fingerprint density at radius 1 is 1.09 bits per heavy atom. The van der Waals surface area contributed by atoms with Gasteiger partial charge in [0.25, 0.3) is 0 Å². The number of hydrogen-bond acceptors (Lipinski definition) is 8. The molecule has 9 heteroatoms. The molecule has 1 aliphatic rings. The maximum Gasteiger partial charge on any atom is 0.231 e. The van der Waals surface area contributed by atoms with E-state index in [1.165, 1.54) is 5.56 Å². The quantitative estimate of drug-likeness (QED) is 0.349. The van der Waals surface area contributed by atoms with Crippen molar-refractivity contribution in [2.24, 2.45) is 7.05 Å². The maximum absolute atomic E-state index is 5.98. The second-order valence-electron chi connectivity index (χ2n) is 7.52. The fourth-order valence-electron chi connectivity index (χ4n) is 3.28. The van der Waals surface area contributed by atoms with Gasteiger partial charge in [-0.25, -0.2) is 4.98 Å². The van der Waals surface area contributed by atoms with E-state index in [0.29, 0.717) is 12.4 Å². The average molecular weight is 467 g/mol.